The number of hydrogen-bond donors (Lipinski definition) is 3. The lowest BCUT2D eigenvalue weighted by molar-refractivity contribution is -0.267. The van der Waals surface area contributed by atoms with Gasteiger partial charge in [-0.25, -0.2) is 4.79 Å². The third kappa shape index (κ3) is 4.23. The van der Waals surface area contributed by atoms with Crippen molar-refractivity contribution in [1.29, 1.82) is 0 Å². The van der Waals surface area contributed by atoms with Crippen molar-refractivity contribution in [3.63, 3.8) is 0 Å². The highest BCUT2D eigenvalue weighted by molar-refractivity contribution is 7.14. The molecule has 3 N–H and O–H groups in total. The van der Waals surface area contributed by atoms with Crippen LogP contribution in [0.4, 0.5) is 13.2 Å². The quantitative estimate of drug-likeness (QED) is 0.710. The standard InChI is InChI=1S/C17H16F3NO4S/c1-10-11(7-13(26-10)15(23)24)9-21-14(22)8-16(25,17(18,19)20)12-5-3-2-4-6-12/h2-7,25H,8-9H2,1H3,(H,21,22)(H,23,24). The molecule has 0 aliphatic rings. The highest BCUT2D eigenvalue weighted by Gasteiger charge is 2.55. The number of amides is 1. The van der Waals surface area contributed by atoms with E-state index in [2.05, 4.69) is 5.32 Å². The highest BCUT2D eigenvalue weighted by Crippen LogP contribution is 2.41. The zero-order valence-corrected chi connectivity index (χ0v) is 14.4. The van der Waals surface area contributed by atoms with Crippen LogP contribution < -0.4 is 5.32 Å². The smallest absolute Gasteiger partial charge is 0.421 e. The first-order valence-corrected chi connectivity index (χ1v) is 8.30. The summed E-state index contributed by atoms with van der Waals surface area (Å²) in [6.07, 6.45) is -6.24. The molecule has 0 fully saturated rings. The molecule has 9 heteroatoms. The van der Waals surface area contributed by atoms with Gasteiger partial charge >= 0.3 is 12.1 Å². The van der Waals surface area contributed by atoms with Crippen LogP contribution in [0.15, 0.2) is 36.4 Å². The number of alkyl halides is 3. The molecular formula is C17H16F3NO4S. The Balaban J connectivity index is 2.13. The maximum Gasteiger partial charge on any atom is 0.421 e. The summed E-state index contributed by atoms with van der Waals surface area (Å²) in [6, 6.07) is 7.74. The van der Waals surface area contributed by atoms with Crippen LogP contribution in [-0.4, -0.2) is 28.3 Å². The molecule has 0 aliphatic heterocycles. The van der Waals surface area contributed by atoms with Crippen molar-refractivity contribution in [2.24, 2.45) is 0 Å². The highest BCUT2D eigenvalue weighted by atomic mass is 32.1. The summed E-state index contributed by atoms with van der Waals surface area (Å²) in [5, 5.41) is 21.4. The molecule has 1 heterocycles. The number of aromatic carboxylic acids is 1. The fourth-order valence-electron chi connectivity index (χ4n) is 2.37. The zero-order chi connectivity index (χ0) is 19.5. The zero-order valence-electron chi connectivity index (χ0n) is 13.6. The number of thiophene rings is 1. The van der Waals surface area contributed by atoms with Crippen molar-refractivity contribution in [2.75, 3.05) is 0 Å². The lowest BCUT2D eigenvalue weighted by Crippen LogP contribution is -2.46. The van der Waals surface area contributed by atoms with Gasteiger partial charge in [0.1, 0.15) is 4.88 Å². The first-order valence-electron chi connectivity index (χ1n) is 7.48. The lowest BCUT2D eigenvalue weighted by atomic mass is 9.89. The van der Waals surface area contributed by atoms with E-state index in [0.29, 0.717) is 10.4 Å². The Hall–Kier alpha value is -2.39. The third-order valence-corrected chi connectivity index (χ3v) is 4.92. The van der Waals surface area contributed by atoms with Crippen molar-refractivity contribution >= 4 is 23.2 Å². The molecular weight excluding hydrogens is 371 g/mol. The number of nitrogens with one attached hydrogen (secondary N) is 1. The molecule has 5 nitrogen and oxygen atoms in total. The fraction of sp³-hybridized carbons (Fsp3) is 0.294. The molecule has 1 amide bonds. The molecule has 0 bridgehead atoms. The van der Waals surface area contributed by atoms with Crippen molar-refractivity contribution in [3.8, 4) is 0 Å². The normalized spacial score (nSPS) is 13.9. The third-order valence-electron chi connectivity index (χ3n) is 3.84. The second-order valence-corrected chi connectivity index (χ2v) is 6.93. The van der Waals surface area contributed by atoms with Crippen molar-refractivity contribution < 1.29 is 33.0 Å². The molecule has 140 valence electrons. The number of halogens is 3. The molecule has 0 saturated carbocycles. The largest absolute Gasteiger partial charge is 0.477 e. The molecule has 0 radical (unpaired) electrons. The number of aliphatic hydroxyl groups is 1. The Morgan fingerprint density at radius 3 is 2.31 bits per heavy atom. The lowest BCUT2D eigenvalue weighted by Gasteiger charge is -2.30. The van der Waals surface area contributed by atoms with Gasteiger partial charge in [-0.2, -0.15) is 13.2 Å². The summed E-state index contributed by atoms with van der Waals surface area (Å²) >= 11 is 1.01. The molecule has 0 spiro atoms. The van der Waals surface area contributed by atoms with E-state index in [-0.39, 0.29) is 11.4 Å². The summed E-state index contributed by atoms with van der Waals surface area (Å²) in [6.45, 7) is 1.52. The minimum atomic E-state index is -5.04. The van der Waals surface area contributed by atoms with E-state index in [1.807, 2.05) is 0 Å². The summed E-state index contributed by atoms with van der Waals surface area (Å²) in [7, 11) is 0. The van der Waals surface area contributed by atoms with Crippen LogP contribution in [0, 0.1) is 6.92 Å². The van der Waals surface area contributed by atoms with E-state index in [0.717, 1.165) is 23.5 Å². The second-order valence-electron chi connectivity index (χ2n) is 5.67. The SMILES string of the molecule is Cc1sc(C(=O)O)cc1CNC(=O)CC(O)(c1ccccc1)C(F)(F)F. The van der Waals surface area contributed by atoms with Crippen LogP contribution in [0.3, 0.4) is 0 Å². The average Bonchev–Trinajstić information content (AvgIpc) is 2.94. The molecule has 1 unspecified atom stereocenters. The molecule has 1 aromatic carbocycles. The predicted molar refractivity (Wildman–Crippen MR) is 88.9 cm³/mol. The minimum Gasteiger partial charge on any atom is -0.477 e. The Labute approximate surface area is 151 Å². The van der Waals surface area contributed by atoms with E-state index in [9.17, 15) is 27.9 Å². The fourth-order valence-corrected chi connectivity index (χ4v) is 3.25. The maximum atomic E-state index is 13.4. The Morgan fingerprint density at radius 2 is 1.81 bits per heavy atom. The second kappa shape index (κ2) is 7.46. The van der Waals surface area contributed by atoms with Crippen molar-refractivity contribution in [2.45, 2.75) is 31.7 Å². The van der Waals surface area contributed by atoms with Gasteiger partial charge < -0.3 is 15.5 Å². The number of carboxylic acids is 1. The van der Waals surface area contributed by atoms with E-state index in [4.69, 9.17) is 5.11 Å². The maximum absolute atomic E-state index is 13.4. The van der Waals surface area contributed by atoms with Crippen LogP contribution in [0.2, 0.25) is 0 Å². The van der Waals surface area contributed by atoms with E-state index >= 15 is 0 Å². The first kappa shape index (κ1) is 19.9. The van der Waals surface area contributed by atoms with Gasteiger partial charge in [-0.3, -0.25) is 4.79 Å². The van der Waals surface area contributed by atoms with Crippen LogP contribution >= 0.6 is 11.3 Å². The summed E-state index contributed by atoms with van der Waals surface area (Å²) < 4.78 is 40.1. The van der Waals surface area contributed by atoms with Gasteiger partial charge in [0.05, 0.1) is 6.42 Å². The number of benzene rings is 1. The van der Waals surface area contributed by atoms with Crippen LogP contribution in [-0.2, 0) is 16.9 Å². The molecule has 2 aromatic rings. The Morgan fingerprint density at radius 1 is 1.19 bits per heavy atom. The van der Waals surface area contributed by atoms with Gasteiger partial charge in [-0.1, -0.05) is 30.3 Å². The van der Waals surface area contributed by atoms with Gasteiger partial charge in [-0.05, 0) is 24.1 Å². The van der Waals surface area contributed by atoms with E-state index < -0.39 is 35.6 Å². The average molecular weight is 387 g/mol. The number of carbonyl (C=O) groups excluding carboxylic acids is 1. The minimum absolute atomic E-state index is 0.0721. The summed E-state index contributed by atoms with van der Waals surface area (Å²) in [5.74, 6) is -2.12. The van der Waals surface area contributed by atoms with Crippen LogP contribution in [0.25, 0.3) is 0 Å². The van der Waals surface area contributed by atoms with Crippen molar-refractivity contribution in [1.82, 2.24) is 5.32 Å². The molecule has 2 rings (SSSR count). The number of carbonyl (C=O) groups is 2. The molecule has 0 saturated heterocycles. The van der Waals surface area contributed by atoms with Gasteiger partial charge in [0.2, 0.25) is 5.91 Å². The van der Waals surface area contributed by atoms with Crippen LogP contribution in [0.1, 0.15) is 32.1 Å². The number of rotatable bonds is 6. The van der Waals surface area contributed by atoms with E-state index in [1.54, 1.807) is 6.92 Å². The number of aryl methyl sites for hydroxylation is 1. The first-order chi connectivity index (χ1) is 12.0. The molecule has 26 heavy (non-hydrogen) atoms. The van der Waals surface area contributed by atoms with Gasteiger partial charge in [0, 0.05) is 11.4 Å². The van der Waals surface area contributed by atoms with Gasteiger partial charge in [0.25, 0.3) is 0 Å². The van der Waals surface area contributed by atoms with Crippen molar-refractivity contribution in [3.05, 3.63) is 57.3 Å². The topological polar surface area (TPSA) is 86.6 Å². The van der Waals surface area contributed by atoms with Crippen LogP contribution in [0.5, 0.6) is 0 Å². The monoisotopic (exact) mass is 387 g/mol. The summed E-state index contributed by atoms with van der Waals surface area (Å²) in [4.78, 5) is 23.7. The van der Waals surface area contributed by atoms with Gasteiger partial charge in [0.15, 0.2) is 5.60 Å². The van der Waals surface area contributed by atoms with E-state index in [1.165, 1.54) is 24.3 Å². The predicted octanol–water partition coefficient (Wildman–Crippen LogP) is 3.21. The Bertz CT molecular complexity index is 804. The molecule has 0 aliphatic carbocycles. The number of carboxylic acid groups (broad SMARTS) is 1. The Kier molecular flexibility index (Phi) is 5.72. The molecule has 1 atom stereocenters. The molecule has 1 aromatic heterocycles. The van der Waals surface area contributed by atoms with Gasteiger partial charge in [-0.15, -0.1) is 11.3 Å². The number of hydrogen-bond acceptors (Lipinski definition) is 4. The summed E-state index contributed by atoms with van der Waals surface area (Å²) in [5.41, 5.74) is -3.24.